The third-order valence-corrected chi connectivity index (χ3v) is 4.10. The topological polar surface area (TPSA) is 80.5 Å². The van der Waals surface area contributed by atoms with Gasteiger partial charge in [0.15, 0.2) is 0 Å². The van der Waals surface area contributed by atoms with Gasteiger partial charge in [0, 0.05) is 25.8 Å². The number of nitrogens with one attached hydrogen (secondary N) is 1. The van der Waals surface area contributed by atoms with Crippen molar-refractivity contribution in [2.45, 2.75) is 25.3 Å². The number of nitrogens with zero attached hydrogens (tertiary/aromatic N) is 3. The monoisotopic (exact) mass is 330 g/mol. The zero-order valence-electron chi connectivity index (χ0n) is 13.8. The summed E-state index contributed by atoms with van der Waals surface area (Å²) in [6.07, 6.45) is 2.84. The molecule has 2 amide bonds. The molecule has 0 aliphatic carbocycles. The molecule has 128 valence electrons. The minimum Gasteiger partial charge on any atom is -0.383 e. The van der Waals surface area contributed by atoms with Gasteiger partial charge in [0.25, 0.3) is 0 Å². The van der Waals surface area contributed by atoms with Gasteiger partial charge in [-0.3, -0.25) is 0 Å². The number of hydrogen-bond donors (Lipinski definition) is 1. The number of piperidine rings is 1. The number of urea groups is 1. The number of rotatable bonds is 5. The quantitative estimate of drug-likeness (QED) is 0.852. The molecule has 7 heteroatoms. The molecule has 1 aromatic heterocycles. The third-order valence-electron chi connectivity index (χ3n) is 4.10. The van der Waals surface area contributed by atoms with Crippen molar-refractivity contribution >= 4 is 6.03 Å². The van der Waals surface area contributed by atoms with E-state index in [-0.39, 0.29) is 12.1 Å². The Morgan fingerprint density at radius 2 is 2.21 bits per heavy atom. The van der Waals surface area contributed by atoms with Crippen LogP contribution in [0.4, 0.5) is 4.79 Å². The van der Waals surface area contributed by atoms with Crippen LogP contribution in [-0.4, -0.2) is 47.9 Å². The second-order valence-corrected chi connectivity index (χ2v) is 5.75. The summed E-state index contributed by atoms with van der Waals surface area (Å²) in [6, 6.07) is 9.39. The summed E-state index contributed by atoms with van der Waals surface area (Å²) in [5.41, 5.74) is 0.902. The predicted octanol–water partition coefficient (Wildman–Crippen LogP) is 2.62. The standard InChI is InChI=1S/C17H22N4O3/c1-23-12-10-18-17(22)21-11-6-5-9-14(21)16-19-15(20-24-16)13-7-3-2-4-8-13/h2-4,7-8,14H,5-6,9-12H2,1H3,(H,18,22). The lowest BCUT2D eigenvalue weighted by atomic mass is 10.0. The normalized spacial score (nSPS) is 17.7. The molecule has 2 heterocycles. The van der Waals surface area contributed by atoms with Crippen molar-refractivity contribution in [3.63, 3.8) is 0 Å². The van der Waals surface area contributed by atoms with E-state index in [0.29, 0.717) is 31.4 Å². The number of carbonyl (C=O) groups excluding carboxylic acids is 1. The highest BCUT2D eigenvalue weighted by atomic mass is 16.5. The number of likely N-dealkylation sites (tertiary alicyclic amines) is 1. The van der Waals surface area contributed by atoms with Crippen molar-refractivity contribution in [3.8, 4) is 11.4 Å². The van der Waals surface area contributed by atoms with Crippen LogP contribution in [0.25, 0.3) is 11.4 Å². The molecule has 1 aliphatic heterocycles. The molecule has 1 aliphatic rings. The first-order valence-corrected chi connectivity index (χ1v) is 8.22. The Kier molecular flexibility index (Phi) is 5.43. The van der Waals surface area contributed by atoms with Crippen LogP contribution in [0.1, 0.15) is 31.2 Å². The number of ether oxygens (including phenoxy) is 1. The molecule has 1 atom stereocenters. The predicted molar refractivity (Wildman–Crippen MR) is 88.3 cm³/mol. The van der Waals surface area contributed by atoms with E-state index in [0.717, 1.165) is 24.8 Å². The summed E-state index contributed by atoms with van der Waals surface area (Å²) in [7, 11) is 1.61. The van der Waals surface area contributed by atoms with Gasteiger partial charge in [-0.25, -0.2) is 4.79 Å². The van der Waals surface area contributed by atoms with Crippen LogP contribution in [0.5, 0.6) is 0 Å². The van der Waals surface area contributed by atoms with Crippen LogP contribution in [0.2, 0.25) is 0 Å². The highest BCUT2D eigenvalue weighted by Crippen LogP contribution is 2.31. The van der Waals surface area contributed by atoms with E-state index in [1.54, 1.807) is 12.0 Å². The Morgan fingerprint density at radius 3 is 3.00 bits per heavy atom. The number of amides is 2. The Morgan fingerprint density at radius 1 is 1.38 bits per heavy atom. The molecule has 0 bridgehead atoms. The Hall–Kier alpha value is -2.41. The zero-order chi connectivity index (χ0) is 16.8. The second-order valence-electron chi connectivity index (χ2n) is 5.75. The lowest BCUT2D eigenvalue weighted by Crippen LogP contribution is -2.45. The van der Waals surface area contributed by atoms with Crippen LogP contribution in [0.3, 0.4) is 0 Å². The van der Waals surface area contributed by atoms with E-state index < -0.39 is 0 Å². The molecular weight excluding hydrogens is 308 g/mol. The van der Waals surface area contributed by atoms with Gasteiger partial charge in [0.2, 0.25) is 11.7 Å². The van der Waals surface area contributed by atoms with E-state index >= 15 is 0 Å². The van der Waals surface area contributed by atoms with Crippen molar-refractivity contribution in [1.82, 2.24) is 20.4 Å². The Bertz CT molecular complexity index is 659. The molecule has 2 aromatic rings. The zero-order valence-corrected chi connectivity index (χ0v) is 13.8. The third kappa shape index (κ3) is 3.73. The summed E-state index contributed by atoms with van der Waals surface area (Å²) in [4.78, 5) is 18.7. The maximum atomic E-state index is 12.4. The van der Waals surface area contributed by atoms with Crippen LogP contribution in [-0.2, 0) is 4.74 Å². The SMILES string of the molecule is COCCNC(=O)N1CCCCC1c1nc(-c2ccccc2)no1. The average molecular weight is 330 g/mol. The Labute approximate surface area is 141 Å². The van der Waals surface area contributed by atoms with Crippen molar-refractivity contribution in [3.05, 3.63) is 36.2 Å². The maximum Gasteiger partial charge on any atom is 0.318 e. The fraction of sp³-hybridized carbons (Fsp3) is 0.471. The van der Waals surface area contributed by atoms with Gasteiger partial charge < -0.3 is 19.5 Å². The summed E-state index contributed by atoms with van der Waals surface area (Å²) >= 11 is 0. The van der Waals surface area contributed by atoms with E-state index in [2.05, 4.69) is 15.5 Å². The molecule has 1 N–H and O–H groups in total. The lowest BCUT2D eigenvalue weighted by Gasteiger charge is -2.33. The van der Waals surface area contributed by atoms with E-state index in [1.165, 1.54) is 0 Å². The van der Waals surface area contributed by atoms with E-state index in [4.69, 9.17) is 9.26 Å². The van der Waals surface area contributed by atoms with Gasteiger partial charge in [-0.05, 0) is 19.3 Å². The fourth-order valence-corrected chi connectivity index (χ4v) is 2.87. The van der Waals surface area contributed by atoms with E-state index in [9.17, 15) is 4.79 Å². The molecule has 0 saturated carbocycles. The number of benzene rings is 1. The Balaban J connectivity index is 1.74. The van der Waals surface area contributed by atoms with Gasteiger partial charge >= 0.3 is 6.03 Å². The molecule has 1 unspecified atom stereocenters. The van der Waals surface area contributed by atoms with Gasteiger partial charge in [-0.15, -0.1) is 0 Å². The highest BCUT2D eigenvalue weighted by Gasteiger charge is 2.32. The number of carbonyl (C=O) groups is 1. The highest BCUT2D eigenvalue weighted by molar-refractivity contribution is 5.74. The summed E-state index contributed by atoms with van der Waals surface area (Å²) in [5.74, 6) is 1.05. The average Bonchev–Trinajstić information content (AvgIpc) is 3.12. The molecule has 24 heavy (non-hydrogen) atoms. The first kappa shape index (κ1) is 16.4. The van der Waals surface area contributed by atoms with Gasteiger partial charge in [0.1, 0.15) is 6.04 Å². The summed E-state index contributed by atoms with van der Waals surface area (Å²) in [5, 5.41) is 6.93. The molecule has 1 fully saturated rings. The van der Waals surface area contributed by atoms with Crippen molar-refractivity contribution in [2.75, 3.05) is 26.8 Å². The largest absolute Gasteiger partial charge is 0.383 e. The van der Waals surface area contributed by atoms with Gasteiger partial charge in [-0.1, -0.05) is 35.5 Å². The van der Waals surface area contributed by atoms with Crippen molar-refractivity contribution in [1.29, 1.82) is 0 Å². The van der Waals surface area contributed by atoms with Crippen LogP contribution < -0.4 is 5.32 Å². The number of hydrogen-bond acceptors (Lipinski definition) is 5. The molecule has 1 saturated heterocycles. The number of methoxy groups -OCH3 is 1. The van der Waals surface area contributed by atoms with Gasteiger partial charge in [0.05, 0.1) is 6.61 Å². The number of aromatic nitrogens is 2. The first-order valence-electron chi connectivity index (χ1n) is 8.22. The molecule has 3 rings (SSSR count). The smallest absolute Gasteiger partial charge is 0.318 e. The lowest BCUT2D eigenvalue weighted by molar-refractivity contribution is 0.128. The van der Waals surface area contributed by atoms with Crippen LogP contribution >= 0.6 is 0 Å². The molecule has 0 radical (unpaired) electrons. The summed E-state index contributed by atoms with van der Waals surface area (Å²) in [6.45, 7) is 1.66. The molecule has 1 aromatic carbocycles. The van der Waals surface area contributed by atoms with Crippen LogP contribution in [0, 0.1) is 0 Å². The van der Waals surface area contributed by atoms with Crippen molar-refractivity contribution in [2.24, 2.45) is 0 Å². The van der Waals surface area contributed by atoms with Gasteiger partial charge in [-0.2, -0.15) is 4.98 Å². The van der Waals surface area contributed by atoms with Crippen LogP contribution in [0.15, 0.2) is 34.9 Å². The molecule has 7 nitrogen and oxygen atoms in total. The van der Waals surface area contributed by atoms with Crippen molar-refractivity contribution < 1.29 is 14.1 Å². The second kappa shape index (κ2) is 7.92. The molecule has 0 spiro atoms. The molecular formula is C17H22N4O3. The fourth-order valence-electron chi connectivity index (χ4n) is 2.87. The van der Waals surface area contributed by atoms with E-state index in [1.807, 2.05) is 30.3 Å². The first-order chi connectivity index (χ1) is 11.8. The minimum atomic E-state index is -0.175. The maximum absolute atomic E-state index is 12.4. The minimum absolute atomic E-state index is 0.115. The summed E-state index contributed by atoms with van der Waals surface area (Å²) < 4.78 is 10.4.